The third-order valence-corrected chi connectivity index (χ3v) is 3.11. The van der Waals surface area contributed by atoms with Crippen LogP contribution in [0, 0.1) is 0 Å². The molecule has 0 radical (unpaired) electrons. The Morgan fingerprint density at radius 1 is 1.00 bits per heavy atom. The van der Waals surface area contributed by atoms with Crippen LogP contribution in [0.4, 0.5) is 0 Å². The molecular weight excluding hydrogens is 238 g/mol. The van der Waals surface area contributed by atoms with Crippen LogP contribution in [0.3, 0.4) is 0 Å². The summed E-state index contributed by atoms with van der Waals surface area (Å²) in [7, 11) is 0. The van der Waals surface area contributed by atoms with E-state index < -0.39 is 5.97 Å². The van der Waals surface area contributed by atoms with Crippen molar-refractivity contribution in [3.63, 3.8) is 0 Å². The molecule has 19 heavy (non-hydrogen) atoms. The van der Waals surface area contributed by atoms with Crippen LogP contribution < -0.4 is 4.57 Å². The van der Waals surface area contributed by atoms with Crippen LogP contribution in [0.5, 0.6) is 0 Å². The number of pyridine rings is 1. The van der Waals surface area contributed by atoms with Gasteiger partial charge in [0.25, 0.3) is 0 Å². The lowest BCUT2D eigenvalue weighted by atomic mass is 10.1. The molecule has 0 unspecified atom stereocenters. The Morgan fingerprint density at radius 2 is 1.68 bits per heavy atom. The maximum Gasteiger partial charge on any atom is 0.336 e. The maximum absolute atomic E-state index is 10.7. The first-order valence-corrected chi connectivity index (χ1v) is 6.52. The number of rotatable bonds is 6. The molecule has 98 valence electrons. The Kier molecular flexibility index (Phi) is 4.67. The zero-order valence-electron chi connectivity index (χ0n) is 10.8. The highest BCUT2D eigenvalue weighted by molar-refractivity contribution is 5.87. The lowest BCUT2D eigenvalue weighted by Crippen LogP contribution is -2.32. The molecule has 2 rings (SSSR count). The molecule has 0 bridgehead atoms. The topological polar surface area (TPSA) is 41.2 Å². The van der Waals surface area contributed by atoms with Gasteiger partial charge < -0.3 is 5.11 Å². The van der Waals surface area contributed by atoms with E-state index in [-0.39, 0.29) is 0 Å². The van der Waals surface area contributed by atoms with Gasteiger partial charge in [0, 0.05) is 18.6 Å². The Balaban J connectivity index is 1.75. The van der Waals surface area contributed by atoms with Gasteiger partial charge in [-0.2, -0.15) is 0 Å². The number of carboxylic acid groups (broad SMARTS) is 1. The van der Waals surface area contributed by atoms with E-state index >= 15 is 0 Å². The van der Waals surface area contributed by atoms with Gasteiger partial charge in [-0.15, -0.1) is 0 Å². The van der Waals surface area contributed by atoms with Crippen molar-refractivity contribution < 1.29 is 14.5 Å². The molecule has 0 aliphatic rings. The van der Waals surface area contributed by atoms with Crippen LogP contribution in [-0.2, 0) is 13.0 Å². The highest BCUT2D eigenvalue weighted by Crippen LogP contribution is 2.04. The van der Waals surface area contributed by atoms with Crippen molar-refractivity contribution in [3.8, 4) is 0 Å². The van der Waals surface area contributed by atoms with Gasteiger partial charge in [0.15, 0.2) is 12.4 Å². The van der Waals surface area contributed by atoms with Crippen LogP contribution in [0.15, 0.2) is 54.9 Å². The number of carboxylic acids is 1. The number of nitrogens with zero attached hydrogens (tertiary/aromatic N) is 1. The Bertz CT molecular complexity index is 520. The van der Waals surface area contributed by atoms with Crippen LogP contribution in [0.25, 0.3) is 0 Å². The molecule has 2 aromatic rings. The normalized spacial score (nSPS) is 10.3. The molecule has 0 fully saturated rings. The van der Waals surface area contributed by atoms with Crippen LogP contribution in [0.2, 0.25) is 0 Å². The average Bonchev–Trinajstić information content (AvgIpc) is 2.45. The largest absolute Gasteiger partial charge is 0.478 e. The standard InChI is InChI=1S/C16H17NO2/c18-16(19)15-9-12-17(13-10-15)11-5-4-8-14-6-2-1-3-7-14/h1-3,6-7,9-10,12-13H,4-5,8,11H2/p+1. The van der Waals surface area contributed by atoms with Crippen LogP contribution in [-0.4, -0.2) is 11.1 Å². The summed E-state index contributed by atoms with van der Waals surface area (Å²) in [5.41, 5.74) is 1.70. The van der Waals surface area contributed by atoms with Gasteiger partial charge in [0.2, 0.25) is 0 Å². The Labute approximate surface area is 113 Å². The molecule has 0 aliphatic carbocycles. The summed E-state index contributed by atoms with van der Waals surface area (Å²) in [6.45, 7) is 0.923. The number of aromatic carboxylic acids is 1. The summed E-state index contributed by atoms with van der Waals surface area (Å²) < 4.78 is 2.03. The molecule has 1 aromatic heterocycles. The van der Waals surface area contributed by atoms with Gasteiger partial charge in [-0.3, -0.25) is 0 Å². The first kappa shape index (κ1) is 13.3. The molecule has 3 nitrogen and oxygen atoms in total. The Hall–Kier alpha value is -2.16. The first-order chi connectivity index (χ1) is 9.25. The summed E-state index contributed by atoms with van der Waals surface area (Å²) in [5, 5.41) is 8.81. The van der Waals surface area contributed by atoms with E-state index in [9.17, 15) is 4.79 Å². The van der Waals surface area contributed by atoms with Crippen molar-refractivity contribution in [2.75, 3.05) is 0 Å². The van der Waals surface area contributed by atoms with E-state index in [0.29, 0.717) is 5.56 Å². The van der Waals surface area contributed by atoms with Crippen molar-refractivity contribution >= 4 is 5.97 Å². The number of hydrogen-bond acceptors (Lipinski definition) is 1. The quantitative estimate of drug-likeness (QED) is 0.637. The number of unbranched alkanes of at least 4 members (excludes halogenated alkanes) is 1. The van der Waals surface area contributed by atoms with E-state index in [1.807, 2.05) is 23.0 Å². The second kappa shape index (κ2) is 6.69. The van der Waals surface area contributed by atoms with E-state index in [4.69, 9.17) is 5.11 Å². The van der Waals surface area contributed by atoms with E-state index in [2.05, 4.69) is 24.3 Å². The number of aromatic nitrogens is 1. The molecule has 0 aliphatic heterocycles. The Morgan fingerprint density at radius 3 is 2.32 bits per heavy atom. The highest BCUT2D eigenvalue weighted by Gasteiger charge is 2.05. The van der Waals surface area contributed by atoms with E-state index in [0.717, 1.165) is 25.8 Å². The van der Waals surface area contributed by atoms with E-state index in [1.165, 1.54) is 5.56 Å². The maximum atomic E-state index is 10.7. The van der Waals surface area contributed by atoms with Gasteiger partial charge in [0.1, 0.15) is 6.54 Å². The fourth-order valence-electron chi connectivity index (χ4n) is 2.02. The van der Waals surface area contributed by atoms with Crippen molar-refractivity contribution in [1.82, 2.24) is 0 Å². The second-order valence-electron chi connectivity index (χ2n) is 4.57. The summed E-state index contributed by atoms with van der Waals surface area (Å²) in [4.78, 5) is 10.7. The van der Waals surface area contributed by atoms with Crippen molar-refractivity contribution in [1.29, 1.82) is 0 Å². The predicted octanol–water partition coefficient (Wildman–Crippen LogP) is 2.70. The van der Waals surface area contributed by atoms with Gasteiger partial charge in [-0.05, 0) is 18.4 Å². The van der Waals surface area contributed by atoms with Gasteiger partial charge >= 0.3 is 5.97 Å². The summed E-state index contributed by atoms with van der Waals surface area (Å²) >= 11 is 0. The molecule has 3 heteroatoms. The van der Waals surface area contributed by atoms with Gasteiger partial charge in [-0.25, -0.2) is 9.36 Å². The predicted molar refractivity (Wildman–Crippen MR) is 73.0 cm³/mol. The molecular formula is C16H18NO2+. The average molecular weight is 256 g/mol. The molecule has 0 amide bonds. The van der Waals surface area contributed by atoms with Crippen molar-refractivity contribution in [2.45, 2.75) is 25.8 Å². The van der Waals surface area contributed by atoms with Crippen molar-refractivity contribution in [3.05, 3.63) is 66.0 Å². The first-order valence-electron chi connectivity index (χ1n) is 6.52. The number of carbonyl (C=O) groups is 1. The fraction of sp³-hybridized carbons (Fsp3) is 0.250. The fourth-order valence-corrected chi connectivity index (χ4v) is 2.02. The number of hydrogen-bond donors (Lipinski definition) is 1. The molecule has 1 N–H and O–H groups in total. The zero-order valence-corrected chi connectivity index (χ0v) is 10.8. The summed E-state index contributed by atoms with van der Waals surface area (Å²) in [6.07, 6.45) is 6.97. The van der Waals surface area contributed by atoms with Gasteiger partial charge in [0.05, 0.1) is 5.56 Å². The minimum absolute atomic E-state index is 0.334. The SMILES string of the molecule is O=C(O)c1cc[n+](CCCCc2ccccc2)cc1. The molecule has 0 saturated carbocycles. The summed E-state index contributed by atoms with van der Waals surface area (Å²) in [5.74, 6) is -0.878. The van der Waals surface area contributed by atoms with E-state index in [1.54, 1.807) is 12.1 Å². The monoisotopic (exact) mass is 256 g/mol. The third kappa shape index (κ3) is 4.21. The van der Waals surface area contributed by atoms with Crippen LogP contribution in [0.1, 0.15) is 28.8 Å². The smallest absolute Gasteiger partial charge is 0.336 e. The van der Waals surface area contributed by atoms with Crippen LogP contribution >= 0.6 is 0 Å². The highest BCUT2D eigenvalue weighted by atomic mass is 16.4. The minimum Gasteiger partial charge on any atom is -0.478 e. The van der Waals surface area contributed by atoms with Gasteiger partial charge in [-0.1, -0.05) is 30.3 Å². The molecule has 1 heterocycles. The number of aryl methyl sites for hydroxylation is 2. The minimum atomic E-state index is -0.878. The molecule has 0 spiro atoms. The molecule has 0 atom stereocenters. The van der Waals surface area contributed by atoms with Crippen molar-refractivity contribution in [2.24, 2.45) is 0 Å². The summed E-state index contributed by atoms with van der Waals surface area (Å²) in [6, 6.07) is 13.7. The lowest BCUT2D eigenvalue weighted by Gasteiger charge is -2.00. The second-order valence-corrected chi connectivity index (χ2v) is 4.57. The zero-order chi connectivity index (χ0) is 13.5. The number of benzene rings is 1. The molecule has 0 saturated heterocycles. The molecule has 1 aromatic carbocycles. The third-order valence-electron chi connectivity index (χ3n) is 3.11. The lowest BCUT2D eigenvalue weighted by molar-refractivity contribution is -0.697.